The van der Waals surface area contributed by atoms with Gasteiger partial charge in [0.25, 0.3) is 5.91 Å². The molecule has 1 fully saturated rings. The van der Waals surface area contributed by atoms with Crippen molar-refractivity contribution in [2.24, 2.45) is 5.92 Å². The standard InChI is InChI=1S/C14H18N2O3/c17-12-8-4-7-11(9-12)14(19)16-15-13(18)10-5-2-1-3-6-10/h4,7-10,17H,1-3,5-6H2,(H,15,18)(H,16,19). The van der Waals surface area contributed by atoms with Crippen molar-refractivity contribution in [2.75, 3.05) is 0 Å². The van der Waals surface area contributed by atoms with E-state index in [1.807, 2.05) is 0 Å². The number of carbonyl (C=O) groups is 2. The number of nitrogens with one attached hydrogen (secondary N) is 2. The van der Waals surface area contributed by atoms with Gasteiger partial charge in [0.1, 0.15) is 5.75 Å². The number of hydrazine groups is 1. The fourth-order valence-electron chi connectivity index (χ4n) is 2.30. The zero-order chi connectivity index (χ0) is 13.7. The minimum absolute atomic E-state index is 0.00164. The maximum atomic E-state index is 11.8. The highest BCUT2D eigenvalue weighted by Crippen LogP contribution is 2.23. The van der Waals surface area contributed by atoms with Crippen molar-refractivity contribution in [1.29, 1.82) is 0 Å². The minimum atomic E-state index is -0.431. The molecule has 3 N–H and O–H groups in total. The fraction of sp³-hybridized carbons (Fsp3) is 0.429. The summed E-state index contributed by atoms with van der Waals surface area (Å²) in [6.07, 6.45) is 5.08. The maximum Gasteiger partial charge on any atom is 0.269 e. The van der Waals surface area contributed by atoms with E-state index in [-0.39, 0.29) is 17.6 Å². The molecule has 0 heterocycles. The van der Waals surface area contributed by atoms with E-state index in [1.165, 1.54) is 18.6 Å². The van der Waals surface area contributed by atoms with Crippen LogP contribution in [0.5, 0.6) is 5.75 Å². The van der Waals surface area contributed by atoms with E-state index in [2.05, 4.69) is 10.9 Å². The van der Waals surface area contributed by atoms with Crippen molar-refractivity contribution in [3.63, 3.8) is 0 Å². The van der Waals surface area contributed by atoms with E-state index >= 15 is 0 Å². The Morgan fingerprint density at radius 3 is 2.53 bits per heavy atom. The average Bonchev–Trinajstić information content (AvgIpc) is 2.45. The van der Waals surface area contributed by atoms with Crippen molar-refractivity contribution >= 4 is 11.8 Å². The number of aromatic hydroxyl groups is 1. The van der Waals surface area contributed by atoms with Crippen molar-refractivity contribution in [1.82, 2.24) is 10.9 Å². The molecular formula is C14H18N2O3. The monoisotopic (exact) mass is 262 g/mol. The smallest absolute Gasteiger partial charge is 0.269 e. The predicted octanol–water partition coefficient (Wildman–Crippen LogP) is 1.73. The maximum absolute atomic E-state index is 11.8. The van der Waals surface area contributed by atoms with Gasteiger partial charge < -0.3 is 5.11 Å². The van der Waals surface area contributed by atoms with Crippen LogP contribution in [-0.4, -0.2) is 16.9 Å². The summed E-state index contributed by atoms with van der Waals surface area (Å²) in [6.45, 7) is 0. The van der Waals surface area contributed by atoms with Crippen LogP contribution >= 0.6 is 0 Å². The molecule has 1 aromatic rings. The second kappa shape index (κ2) is 6.22. The highest BCUT2D eigenvalue weighted by Gasteiger charge is 2.21. The third kappa shape index (κ3) is 3.71. The van der Waals surface area contributed by atoms with E-state index in [0.717, 1.165) is 25.7 Å². The van der Waals surface area contributed by atoms with E-state index < -0.39 is 5.91 Å². The molecule has 1 aromatic carbocycles. The largest absolute Gasteiger partial charge is 0.508 e. The van der Waals surface area contributed by atoms with Crippen LogP contribution in [0.1, 0.15) is 42.5 Å². The summed E-state index contributed by atoms with van der Waals surface area (Å²) in [7, 11) is 0. The van der Waals surface area contributed by atoms with Gasteiger partial charge in [0.05, 0.1) is 0 Å². The molecule has 0 atom stereocenters. The van der Waals surface area contributed by atoms with Gasteiger partial charge >= 0.3 is 0 Å². The highest BCUT2D eigenvalue weighted by atomic mass is 16.3. The first kappa shape index (κ1) is 13.4. The fourth-order valence-corrected chi connectivity index (χ4v) is 2.30. The normalized spacial score (nSPS) is 15.8. The number of benzene rings is 1. The number of rotatable bonds is 2. The van der Waals surface area contributed by atoms with Gasteiger partial charge in [-0.05, 0) is 31.0 Å². The van der Waals surface area contributed by atoms with Crippen molar-refractivity contribution in [2.45, 2.75) is 32.1 Å². The number of hydrogen-bond acceptors (Lipinski definition) is 3. The lowest BCUT2D eigenvalue weighted by Gasteiger charge is -2.20. The molecule has 0 bridgehead atoms. The van der Waals surface area contributed by atoms with Gasteiger partial charge in [0.2, 0.25) is 5.91 Å². The Balaban J connectivity index is 1.84. The number of hydrogen-bond donors (Lipinski definition) is 3. The Kier molecular flexibility index (Phi) is 4.39. The topological polar surface area (TPSA) is 78.4 Å². The molecule has 0 unspecified atom stereocenters. The van der Waals surface area contributed by atoms with Crippen LogP contribution in [0, 0.1) is 5.92 Å². The molecule has 0 radical (unpaired) electrons. The van der Waals surface area contributed by atoms with Gasteiger partial charge in [-0.3, -0.25) is 20.4 Å². The second-order valence-corrected chi connectivity index (χ2v) is 4.83. The molecule has 2 amide bonds. The first-order valence-electron chi connectivity index (χ1n) is 6.56. The summed E-state index contributed by atoms with van der Waals surface area (Å²) < 4.78 is 0. The number of phenols is 1. The Morgan fingerprint density at radius 2 is 1.84 bits per heavy atom. The number of phenolic OH excluding ortho intramolecular Hbond substituents is 1. The number of carbonyl (C=O) groups excluding carboxylic acids is 2. The van der Waals surface area contributed by atoms with Gasteiger partial charge in [-0.15, -0.1) is 0 Å². The predicted molar refractivity (Wildman–Crippen MR) is 70.3 cm³/mol. The SMILES string of the molecule is O=C(NNC(=O)C1CCCCC1)c1cccc(O)c1. The van der Waals surface area contributed by atoms with Crippen molar-refractivity contribution in [3.05, 3.63) is 29.8 Å². The molecule has 19 heavy (non-hydrogen) atoms. The van der Waals surface area contributed by atoms with E-state index in [9.17, 15) is 14.7 Å². The zero-order valence-electron chi connectivity index (χ0n) is 10.7. The summed E-state index contributed by atoms with van der Waals surface area (Å²) in [5.74, 6) is -0.544. The molecule has 1 aliphatic carbocycles. The number of amides is 2. The summed E-state index contributed by atoms with van der Waals surface area (Å²) >= 11 is 0. The first-order valence-corrected chi connectivity index (χ1v) is 6.56. The van der Waals surface area contributed by atoms with Crippen LogP contribution in [0.2, 0.25) is 0 Å². The minimum Gasteiger partial charge on any atom is -0.508 e. The first-order chi connectivity index (χ1) is 9.16. The summed E-state index contributed by atoms with van der Waals surface area (Å²) in [5.41, 5.74) is 5.13. The summed E-state index contributed by atoms with van der Waals surface area (Å²) in [5, 5.41) is 9.28. The Hall–Kier alpha value is -2.04. The molecule has 1 saturated carbocycles. The van der Waals surface area contributed by atoms with E-state index in [0.29, 0.717) is 5.56 Å². The second-order valence-electron chi connectivity index (χ2n) is 4.83. The molecule has 0 aromatic heterocycles. The van der Waals surface area contributed by atoms with Gasteiger partial charge in [-0.1, -0.05) is 25.3 Å². The van der Waals surface area contributed by atoms with Gasteiger partial charge in [0, 0.05) is 11.5 Å². The molecule has 1 aliphatic rings. The third-order valence-corrected chi connectivity index (χ3v) is 3.38. The molecule has 0 saturated heterocycles. The lowest BCUT2D eigenvalue weighted by Crippen LogP contribution is -2.44. The highest BCUT2D eigenvalue weighted by molar-refractivity contribution is 5.95. The molecule has 102 valence electrons. The van der Waals surface area contributed by atoms with Crippen LogP contribution in [0.25, 0.3) is 0 Å². The lowest BCUT2D eigenvalue weighted by molar-refractivity contribution is -0.126. The molecular weight excluding hydrogens is 244 g/mol. The van der Waals surface area contributed by atoms with Crippen LogP contribution in [0.3, 0.4) is 0 Å². The molecule has 0 aliphatic heterocycles. The summed E-state index contributed by atoms with van der Waals surface area (Å²) in [6, 6.07) is 5.98. The lowest BCUT2D eigenvalue weighted by atomic mass is 9.89. The van der Waals surface area contributed by atoms with Gasteiger partial charge in [0.15, 0.2) is 0 Å². The van der Waals surface area contributed by atoms with Crippen LogP contribution in [0.15, 0.2) is 24.3 Å². The quantitative estimate of drug-likeness (QED) is 0.710. The van der Waals surface area contributed by atoms with E-state index in [4.69, 9.17) is 0 Å². The Labute approximate surface area is 112 Å². The molecule has 5 heteroatoms. The molecule has 0 spiro atoms. The van der Waals surface area contributed by atoms with Crippen molar-refractivity contribution < 1.29 is 14.7 Å². The van der Waals surface area contributed by atoms with Crippen LogP contribution in [0.4, 0.5) is 0 Å². The van der Waals surface area contributed by atoms with Gasteiger partial charge in [-0.2, -0.15) is 0 Å². The van der Waals surface area contributed by atoms with E-state index in [1.54, 1.807) is 12.1 Å². The molecule has 2 rings (SSSR count). The van der Waals surface area contributed by atoms with Crippen molar-refractivity contribution in [3.8, 4) is 5.75 Å². The summed E-state index contributed by atoms with van der Waals surface area (Å²) in [4.78, 5) is 23.6. The van der Waals surface area contributed by atoms with Gasteiger partial charge in [-0.25, -0.2) is 0 Å². The van der Waals surface area contributed by atoms with Crippen LogP contribution in [-0.2, 0) is 4.79 Å². The Bertz CT molecular complexity index is 468. The Morgan fingerprint density at radius 1 is 1.11 bits per heavy atom. The zero-order valence-corrected chi connectivity index (χ0v) is 10.7. The average molecular weight is 262 g/mol. The third-order valence-electron chi connectivity index (χ3n) is 3.38. The molecule has 5 nitrogen and oxygen atoms in total. The van der Waals surface area contributed by atoms with Crippen LogP contribution < -0.4 is 10.9 Å².